The van der Waals surface area contributed by atoms with E-state index in [-0.39, 0.29) is 11.9 Å². The molecule has 116 valence electrons. The number of rotatable bonds is 5. The van der Waals surface area contributed by atoms with Crippen LogP contribution in [-0.2, 0) is 0 Å². The number of carbonyl (C=O) groups excluding carboxylic acids is 1. The minimum atomic E-state index is -0.0292. The van der Waals surface area contributed by atoms with E-state index in [4.69, 9.17) is 4.74 Å². The monoisotopic (exact) mass is 297 g/mol. The zero-order valence-corrected chi connectivity index (χ0v) is 13.6. The Morgan fingerprint density at radius 3 is 2.45 bits per heavy atom. The van der Waals surface area contributed by atoms with Gasteiger partial charge in [-0.15, -0.1) is 0 Å². The van der Waals surface area contributed by atoms with Gasteiger partial charge < -0.3 is 10.1 Å². The Kier molecular flexibility index (Phi) is 5.21. The van der Waals surface area contributed by atoms with Gasteiger partial charge in [0, 0.05) is 5.56 Å². The summed E-state index contributed by atoms with van der Waals surface area (Å²) in [6.07, 6.45) is 0.837. The Morgan fingerprint density at radius 1 is 1.14 bits per heavy atom. The van der Waals surface area contributed by atoms with Crippen LogP contribution in [0.2, 0.25) is 0 Å². The van der Waals surface area contributed by atoms with Crippen LogP contribution < -0.4 is 10.1 Å². The number of hydrogen-bond acceptors (Lipinski definition) is 2. The molecular formula is C19H23NO2. The zero-order valence-electron chi connectivity index (χ0n) is 13.6. The third-order valence-electron chi connectivity index (χ3n) is 3.92. The van der Waals surface area contributed by atoms with Gasteiger partial charge in [-0.1, -0.05) is 37.3 Å². The molecule has 0 saturated heterocycles. The molecule has 0 fully saturated rings. The lowest BCUT2D eigenvalue weighted by atomic mass is 10.0. The van der Waals surface area contributed by atoms with Crippen molar-refractivity contribution in [2.24, 2.45) is 0 Å². The largest absolute Gasteiger partial charge is 0.496 e. The van der Waals surface area contributed by atoms with Crippen LogP contribution in [0.1, 0.15) is 46.4 Å². The van der Waals surface area contributed by atoms with Crippen molar-refractivity contribution in [3.8, 4) is 5.75 Å². The van der Waals surface area contributed by atoms with Crippen molar-refractivity contribution >= 4 is 5.91 Å². The van der Waals surface area contributed by atoms with Gasteiger partial charge in [-0.3, -0.25) is 4.79 Å². The van der Waals surface area contributed by atoms with Crippen LogP contribution in [0.25, 0.3) is 0 Å². The molecular weight excluding hydrogens is 274 g/mol. The van der Waals surface area contributed by atoms with Crippen molar-refractivity contribution in [2.75, 3.05) is 7.11 Å². The highest BCUT2D eigenvalue weighted by Gasteiger charge is 2.16. The molecule has 2 rings (SSSR count). The van der Waals surface area contributed by atoms with Crippen molar-refractivity contribution < 1.29 is 9.53 Å². The molecule has 1 amide bonds. The van der Waals surface area contributed by atoms with E-state index in [0.717, 1.165) is 34.4 Å². The SMILES string of the molecule is CC[C@@H](NC(=O)c1ccccc1C)c1ccc(OC)c(C)c1. The van der Waals surface area contributed by atoms with Crippen LogP contribution in [0.5, 0.6) is 5.75 Å². The minimum absolute atomic E-state index is 0.00304. The summed E-state index contributed by atoms with van der Waals surface area (Å²) in [6, 6.07) is 13.7. The molecule has 0 saturated carbocycles. The second-order valence-electron chi connectivity index (χ2n) is 5.48. The highest BCUT2D eigenvalue weighted by molar-refractivity contribution is 5.95. The summed E-state index contributed by atoms with van der Waals surface area (Å²) in [6.45, 7) is 6.04. The van der Waals surface area contributed by atoms with Gasteiger partial charge in [-0.05, 0) is 49.1 Å². The lowest BCUT2D eigenvalue weighted by Gasteiger charge is -2.19. The van der Waals surface area contributed by atoms with Gasteiger partial charge in [0.15, 0.2) is 0 Å². The van der Waals surface area contributed by atoms with Crippen LogP contribution >= 0.6 is 0 Å². The van der Waals surface area contributed by atoms with Crippen LogP contribution in [0, 0.1) is 13.8 Å². The fourth-order valence-electron chi connectivity index (χ4n) is 2.60. The normalized spacial score (nSPS) is 11.8. The molecule has 0 aromatic heterocycles. The fraction of sp³-hybridized carbons (Fsp3) is 0.316. The lowest BCUT2D eigenvalue weighted by Crippen LogP contribution is -2.28. The van der Waals surface area contributed by atoms with Crippen LogP contribution in [-0.4, -0.2) is 13.0 Å². The quantitative estimate of drug-likeness (QED) is 0.898. The Labute approximate surface area is 132 Å². The number of ether oxygens (including phenoxy) is 1. The zero-order chi connectivity index (χ0) is 16.1. The van der Waals surface area contributed by atoms with Gasteiger partial charge in [0.1, 0.15) is 5.75 Å². The third-order valence-corrected chi connectivity index (χ3v) is 3.92. The van der Waals surface area contributed by atoms with E-state index in [1.165, 1.54) is 0 Å². The molecule has 0 radical (unpaired) electrons. The molecule has 0 spiro atoms. The van der Waals surface area contributed by atoms with Crippen molar-refractivity contribution in [1.29, 1.82) is 0 Å². The smallest absolute Gasteiger partial charge is 0.252 e. The summed E-state index contributed by atoms with van der Waals surface area (Å²) in [5.41, 5.74) is 3.89. The summed E-state index contributed by atoms with van der Waals surface area (Å²) in [4.78, 5) is 12.5. The topological polar surface area (TPSA) is 38.3 Å². The Bertz CT molecular complexity index is 664. The predicted octanol–water partition coefficient (Wildman–Crippen LogP) is 4.19. The van der Waals surface area contributed by atoms with Crippen LogP contribution in [0.3, 0.4) is 0 Å². The van der Waals surface area contributed by atoms with Gasteiger partial charge in [0.25, 0.3) is 5.91 Å². The minimum Gasteiger partial charge on any atom is -0.496 e. The molecule has 0 unspecified atom stereocenters. The number of methoxy groups -OCH3 is 1. The lowest BCUT2D eigenvalue weighted by molar-refractivity contribution is 0.0935. The summed E-state index contributed by atoms with van der Waals surface area (Å²) < 4.78 is 5.29. The van der Waals surface area contributed by atoms with Crippen LogP contribution in [0.4, 0.5) is 0 Å². The Hall–Kier alpha value is -2.29. The van der Waals surface area contributed by atoms with E-state index in [0.29, 0.717) is 0 Å². The first-order chi connectivity index (χ1) is 10.6. The predicted molar refractivity (Wildman–Crippen MR) is 89.4 cm³/mol. The van der Waals surface area contributed by atoms with Crippen molar-refractivity contribution in [3.05, 3.63) is 64.7 Å². The molecule has 0 aliphatic heterocycles. The molecule has 1 atom stereocenters. The number of nitrogens with one attached hydrogen (secondary N) is 1. The Balaban J connectivity index is 2.21. The second-order valence-corrected chi connectivity index (χ2v) is 5.48. The molecule has 1 N–H and O–H groups in total. The number of amides is 1. The van der Waals surface area contributed by atoms with Gasteiger partial charge in [0.2, 0.25) is 0 Å². The second kappa shape index (κ2) is 7.12. The molecule has 3 heteroatoms. The van der Waals surface area contributed by atoms with Crippen molar-refractivity contribution in [3.63, 3.8) is 0 Å². The highest BCUT2D eigenvalue weighted by atomic mass is 16.5. The highest BCUT2D eigenvalue weighted by Crippen LogP contribution is 2.24. The molecule has 2 aromatic carbocycles. The number of benzene rings is 2. The maximum absolute atomic E-state index is 12.5. The summed E-state index contributed by atoms with van der Waals surface area (Å²) in [5, 5.41) is 3.13. The van der Waals surface area contributed by atoms with E-state index >= 15 is 0 Å². The maximum atomic E-state index is 12.5. The first-order valence-corrected chi connectivity index (χ1v) is 7.57. The average molecular weight is 297 g/mol. The average Bonchev–Trinajstić information content (AvgIpc) is 2.52. The van der Waals surface area contributed by atoms with Crippen molar-refractivity contribution in [1.82, 2.24) is 5.32 Å². The summed E-state index contributed by atoms with van der Waals surface area (Å²) in [5.74, 6) is 0.835. The molecule has 0 heterocycles. The summed E-state index contributed by atoms with van der Waals surface area (Å²) in [7, 11) is 1.67. The number of hydrogen-bond donors (Lipinski definition) is 1. The summed E-state index contributed by atoms with van der Waals surface area (Å²) >= 11 is 0. The fourth-order valence-corrected chi connectivity index (χ4v) is 2.60. The van der Waals surface area contributed by atoms with Gasteiger partial charge in [0.05, 0.1) is 13.2 Å². The molecule has 3 nitrogen and oxygen atoms in total. The van der Waals surface area contributed by atoms with Gasteiger partial charge in [-0.2, -0.15) is 0 Å². The van der Waals surface area contributed by atoms with E-state index in [1.54, 1.807) is 7.11 Å². The molecule has 0 aliphatic rings. The Morgan fingerprint density at radius 2 is 1.86 bits per heavy atom. The molecule has 0 bridgehead atoms. The van der Waals surface area contributed by atoms with E-state index in [1.807, 2.05) is 50.2 Å². The first kappa shape index (κ1) is 16.1. The number of aryl methyl sites for hydroxylation is 2. The third kappa shape index (κ3) is 3.48. The molecule has 2 aromatic rings. The van der Waals surface area contributed by atoms with Crippen molar-refractivity contribution in [2.45, 2.75) is 33.2 Å². The standard InChI is InChI=1S/C19H23NO2/c1-5-17(15-10-11-18(22-4)14(3)12-15)20-19(21)16-9-7-6-8-13(16)2/h6-12,17H,5H2,1-4H3,(H,20,21)/t17-/m1/s1. The van der Waals surface area contributed by atoms with E-state index < -0.39 is 0 Å². The van der Waals surface area contributed by atoms with E-state index in [9.17, 15) is 4.79 Å². The molecule has 0 aliphatic carbocycles. The van der Waals surface area contributed by atoms with E-state index in [2.05, 4.69) is 18.3 Å². The number of carbonyl (C=O) groups is 1. The first-order valence-electron chi connectivity index (χ1n) is 7.57. The van der Waals surface area contributed by atoms with Crippen LogP contribution in [0.15, 0.2) is 42.5 Å². The molecule has 22 heavy (non-hydrogen) atoms. The van der Waals surface area contributed by atoms with Gasteiger partial charge >= 0.3 is 0 Å². The van der Waals surface area contributed by atoms with Gasteiger partial charge in [-0.25, -0.2) is 0 Å². The maximum Gasteiger partial charge on any atom is 0.252 e.